The van der Waals surface area contributed by atoms with Gasteiger partial charge in [-0.15, -0.1) is 11.3 Å². The van der Waals surface area contributed by atoms with Crippen molar-refractivity contribution in [2.75, 3.05) is 7.11 Å². The second-order valence-corrected chi connectivity index (χ2v) is 4.78. The minimum atomic E-state index is -1.07. The van der Waals surface area contributed by atoms with Crippen molar-refractivity contribution >= 4 is 17.3 Å². The van der Waals surface area contributed by atoms with Gasteiger partial charge in [0.25, 0.3) is 0 Å². The molecule has 1 aromatic heterocycles. The van der Waals surface area contributed by atoms with E-state index in [1.54, 1.807) is 13.0 Å². The highest BCUT2D eigenvalue weighted by molar-refractivity contribution is 7.15. The highest BCUT2D eigenvalue weighted by Crippen LogP contribution is 2.31. The molecule has 0 atom stereocenters. The van der Waals surface area contributed by atoms with Gasteiger partial charge in [0.15, 0.2) is 17.3 Å². The summed E-state index contributed by atoms with van der Waals surface area (Å²) in [5.41, 5.74) is 0.659. The lowest BCUT2D eigenvalue weighted by Crippen LogP contribution is -1.98. The normalized spacial score (nSPS) is 10.4. The Morgan fingerprint density at radius 2 is 2.22 bits per heavy atom. The number of ether oxygens (including phenoxy) is 1. The van der Waals surface area contributed by atoms with E-state index in [-0.39, 0.29) is 11.4 Å². The maximum atomic E-state index is 13.3. The average Bonchev–Trinajstić information content (AvgIpc) is 2.72. The highest BCUT2D eigenvalue weighted by atomic mass is 32.1. The van der Waals surface area contributed by atoms with E-state index >= 15 is 0 Å². The summed E-state index contributed by atoms with van der Waals surface area (Å²) in [5, 5.41) is 9.46. The summed E-state index contributed by atoms with van der Waals surface area (Å²) < 4.78 is 18.1. The number of carbonyl (C=O) groups is 1. The Bertz CT molecular complexity index is 609. The number of rotatable bonds is 3. The molecule has 18 heavy (non-hydrogen) atoms. The summed E-state index contributed by atoms with van der Waals surface area (Å²) in [6, 6.07) is 4.31. The number of carboxylic acid groups (broad SMARTS) is 1. The van der Waals surface area contributed by atoms with Crippen LogP contribution in [0.5, 0.6) is 5.75 Å². The van der Waals surface area contributed by atoms with Crippen LogP contribution in [0.1, 0.15) is 15.4 Å². The van der Waals surface area contributed by atoms with Gasteiger partial charge >= 0.3 is 5.97 Å². The summed E-state index contributed by atoms with van der Waals surface area (Å²) in [4.78, 5) is 15.5. The van der Waals surface area contributed by atoms with Crippen molar-refractivity contribution in [3.8, 4) is 16.3 Å². The number of aromatic carboxylic acids is 1. The fourth-order valence-electron chi connectivity index (χ4n) is 1.51. The SMILES string of the molecule is COc1cc(-c2nc(C(=O)O)c(C)s2)ccc1F. The van der Waals surface area contributed by atoms with Crippen LogP contribution in [-0.2, 0) is 0 Å². The number of nitrogens with zero attached hydrogens (tertiary/aromatic N) is 1. The number of aryl methyl sites for hydroxylation is 1. The monoisotopic (exact) mass is 267 g/mol. The molecule has 2 aromatic rings. The van der Waals surface area contributed by atoms with Crippen LogP contribution in [0, 0.1) is 12.7 Å². The van der Waals surface area contributed by atoms with Crippen LogP contribution in [0.2, 0.25) is 0 Å². The lowest BCUT2D eigenvalue weighted by Gasteiger charge is -2.03. The molecule has 94 valence electrons. The Morgan fingerprint density at radius 3 is 2.78 bits per heavy atom. The minimum absolute atomic E-state index is 0.0262. The Labute approximate surface area is 107 Å². The second-order valence-electron chi connectivity index (χ2n) is 3.58. The molecular weight excluding hydrogens is 257 g/mol. The van der Waals surface area contributed by atoms with Crippen LogP contribution < -0.4 is 4.74 Å². The van der Waals surface area contributed by atoms with Crippen molar-refractivity contribution < 1.29 is 19.0 Å². The first-order valence-electron chi connectivity index (χ1n) is 5.07. The molecule has 0 bridgehead atoms. The van der Waals surface area contributed by atoms with Crippen molar-refractivity contribution in [2.24, 2.45) is 0 Å². The van der Waals surface area contributed by atoms with Gasteiger partial charge in [-0.1, -0.05) is 0 Å². The van der Waals surface area contributed by atoms with E-state index in [4.69, 9.17) is 9.84 Å². The molecule has 0 amide bonds. The van der Waals surface area contributed by atoms with Crippen LogP contribution in [-0.4, -0.2) is 23.2 Å². The largest absolute Gasteiger partial charge is 0.494 e. The Balaban J connectivity index is 2.49. The molecule has 2 rings (SSSR count). The average molecular weight is 267 g/mol. The summed E-state index contributed by atoms with van der Waals surface area (Å²) in [6.07, 6.45) is 0. The molecule has 0 saturated carbocycles. The predicted molar refractivity (Wildman–Crippen MR) is 65.8 cm³/mol. The molecule has 0 aliphatic heterocycles. The van der Waals surface area contributed by atoms with Gasteiger partial charge in [0, 0.05) is 10.4 Å². The van der Waals surface area contributed by atoms with E-state index in [0.29, 0.717) is 15.4 Å². The number of hydrogen-bond donors (Lipinski definition) is 1. The first kappa shape index (κ1) is 12.5. The number of aromatic nitrogens is 1. The quantitative estimate of drug-likeness (QED) is 0.928. The number of benzene rings is 1. The van der Waals surface area contributed by atoms with E-state index in [9.17, 15) is 9.18 Å². The predicted octanol–water partition coefficient (Wildman–Crippen LogP) is 2.96. The van der Waals surface area contributed by atoms with Crippen molar-refractivity contribution in [2.45, 2.75) is 6.92 Å². The van der Waals surface area contributed by atoms with Crippen LogP contribution in [0.15, 0.2) is 18.2 Å². The summed E-state index contributed by atoms with van der Waals surface area (Å²) in [5.74, 6) is -1.42. The van der Waals surface area contributed by atoms with Crippen LogP contribution in [0.3, 0.4) is 0 Å². The van der Waals surface area contributed by atoms with Gasteiger partial charge in [0.2, 0.25) is 0 Å². The third-order valence-electron chi connectivity index (χ3n) is 2.40. The van der Waals surface area contributed by atoms with Crippen molar-refractivity contribution in [1.29, 1.82) is 0 Å². The third kappa shape index (κ3) is 2.19. The van der Waals surface area contributed by atoms with Crippen LogP contribution in [0.4, 0.5) is 4.39 Å². The molecule has 0 aliphatic rings. The van der Waals surface area contributed by atoms with Gasteiger partial charge in [-0.3, -0.25) is 0 Å². The highest BCUT2D eigenvalue weighted by Gasteiger charge is 2.16. The summed E-state index contributed by atoms with van der Waals surface area (Å²) in [7, 11) is 1.37. The van der Waals surface area contributed by atoms with E-state index in [0.717, 1.165) is 0 Å². The van der Waals surface area contributed by atoms with Crippen LogP contribution >= 0.6 is 11.3 Å². The number of hydrogen-bond acceptors (Lipinski definition) is 4. The van der Waals surface area contributed by atoms with Crippen molar-refractivity contribution in [3.05, 3.63) is 34.6 Å². The zero-order valence-electron chi connectivity index (χ0n) is 9.73. The van der Waals surface area contributed by atoms with Gasteiger partial charge < -0.3 is 9.84 Å². The number of thiazole rings is 1. The van der Waals surface area contributed by atoms with Crippen molar-refractivity contribution in [1.82, 2.24) is 4.98 Å². The summed E-state index contributed by atoms with van der Waals surface area (Å²) >= 11 is 1.25. The zero-order chi connectivity index (χ0) is 13.3. The molecular formula is C12H10FNO3S. The second kappa shape index (κ2) is 4.73. The number of carboxylic acids is 1. The molecule has 1 aromatic carbocycles. The van der Waals surface area contributed by atoms with Crippen molar-refractivity contribution in [3.63, 3.8) is 0 Å². The molecule has 0 spiro atoms. The van der Waals surface area contributed by atoms with E-state index < -0.39 is 11.8 Å². The molecule has 0 radical (unpaired) electrons. The van der Waals surface area contributed by atoms with Gasteiger partial charge in [0.1, 0.15) is 5.01 Å². The Morgan fingerprint density at radius 1 is 1.50 bits per heavy atom. The molecule has 1 N–H and O–H groups in total. The molecule has 0 aliphatic carbocycles. The van der Waals surface area contributed by atoms with E-state index in [1.807, 2.05) is 0 Å². The molecule has 0 fully saturated rings. The van der Waals surface area contributed by atoms with Crippen LogP contribution in [0.25, 0.3) is 10.6 Å². The molecule has 1 heterocycles. The van der Waals surface area contributed by atoms with Gasteiger partial charge in [-0.25, -0.2) is 14.2 Å². The smallest absolute Gasteiger partial charge is 0.355 e. The molecule has 0 saturated heterocycles. The lowest BCUT2D eigenvalue weighted by molar-refractivity contribution is 0.0690. The summed E-state index contributed by atoms with van der Waals surface area (Å²) in [6.45, 7) is 1.69. The van der Waals surface area contributed by atoms with E-state index in [1.165, 1.54) is 30.6 Å². The third-order valence-corrected chi connectivity index (χ3v) is 3.42. The molecule has 6 heteroatoms. The fraction of sp³-hybridized carbons (Fsp3) is 0.167. The maximum Gasteiger partial charge on any atom is 0.355 e. The minimum Gasteiger partial charge on any atom is -0.494 e. The lowest BCUT2D eigenvalue weighted by atomic mass is 10.2. The standard InChI is InChI=1S/C12H10FNO3S/c1-6-10(12(15)16)14-11(18-6)7-3-4-8(13)9(5-7)17-2/h3-5H,1-2H3,(H,15,16). The fourth-order valence-corrected chi connectivity index (χ4v) is 2.41. The topological polar surface area (TPSA) is 59.4 Å². The van der Waals surface area contributed by atoms with Gasteiger partial charge in [0.05, 0.1) is 7.11 Å². The Hall–Kier alpha value is -1.95. The molecule has 4 nitrogen and oxygen atoms in total. The van der Waals surface area contributed by atoms with Gasteiger partial charge in [-0.05, 0) is 25.1 Å². The maximum absolute atomic E-state index is 13.3. The Kier molecular flexibility index (Phi) is 3.29. The number of methoxy groups -OCH3 is 1. The first-order chi connectivity index (χ1) is 8.52. The number of halogens is 1. The first-order valence-corrected chi connectivity index (χ1v) is 5.89. The van der Waals surface area contributed by atoms with Gasteiger partial charge in [-0.2, -0.15) is 0 Å². The molecule has 0 unspecified atom stereocenters. The van der Waals surface area contributed by atoms with E-state index in [2.05, 4.69) is 4.98 Å². The zero-order valence-corrected chi connectivity index (χ0v) is 10.5.